The van der Waals surface area contributed by atoms with Crippen LogP contribution in [0.2, 0.25) is 0 Å². The number of methoxy groups -OCH3 is 2. The number of sulfone groups is 1. The van der Waals surface area contributed by atoms with Crippen molar-refractivity contribution in [2.75, 3.05) is 25.3 Å². The number of fused-ring (bicyclic) bond motifs is 1. The quantitative estimate of drug-likeness (QED) is 0.287. The highest BCUT2D eigenvalue weighted by Crippen LogP contribution is 2.45. The maximum Gasteiger partial charge on any atom is 0.295 e. The van der Waals surface area contributed by atoms with E-state index in [9.17, 15) is 13.2 Å². The van der Waals surface area contributed by atoms with E-state index < -0.39 is 9.84 Å². The van der Waals surface area contributed by atoms with Crippen LogP contribution in [-0.4, -0.2) is 69.0 Å². The molecule has 4 aromatic rings. The molecule has 14 heteroatoms. The maximum absolute atomic E-state index is 14.0. The molecule has 42 heavy (non-hydrogen) atoms. The van der Waals surface area contributed by atoms with E-state index in [1.54, 1.807) is 38.0 Å². The number of hydrogen-bond donors (Lipinski definition) is 1. The molecule has 2 aliphatic carbocycles. The van der Waals surface area contributed by atoms with Crippen LogP contribution in [0.4, 0.5) is 5.82 Å². The van der Waals surface area contributed by atoms with Crippen molar-refractivity contribution in [2.24, 2.45) is 0 Å². The molecule has 0 radical (unpaired) electrons. The zero-order valence-electron chi connectivity index (χ0n) is 23.6. The van der Waals surface area contributed by atoms with Gasteiger partial charge in [-0.1, -0.05) is 6.92 Å². The summed E-state index contributed by atoms with van der Waals surface area (Å²) in [6, 6.07) is 2.89. The summed E-state index contributed by atoms with van der Waals surface area (Å²) in [7, 11) is -0.159. The average molecular weight is 593 g/mol. The first-order valence-corrected chi connectivity index (χ1v) is 15.6. The van der Waals surface area contributed by atoms with E-state index in [2.05, 4.69) is 30.2 Å². The Morgan fingerprint density at radius 3 is 2.55 bits per heavy atom. The Hall–Kier alpha value is -4.04. The standard InChI is InChI=1S/C28H32N8O5S/c1-4-42(38,39)18-11-10-17(29-13-18)12-30-25-28(37)36(20-6-5-7-21(20)40-2)26-19(34-25)14-31-24(35-26)22-23(16-8-9-16)32-15-33-27(22)41-3/h10-11,13-16,20-21H,4-9,12H2,1-3H3,(H,30,34)/t20-,21-/m0/s1. The fraction of sp³-hybridized carbons (Fsp3) is 0.464. The molecule has 0 aliphatic heterocycles. The number of pyridine rings is 1. The van der Waals surface area contributed by atoms with Crippen LogP contribution in [0.3, 0.4) is 0 Å². The number of nitrogens with one attached hydrogen (secondary N) is 1. The number of aromatic nitrogens is 7. The molecular formula is C28H32N8O5S. The Kier molecular flexibility index (Phi) is 7.58. The summed E-state index contributed by atoms with van der Waals surface area (Å²) in [4.78, 5) is 41.3. The molecule has 4 aromatic heterocycles. The van der Waals surface area contributed by atoms with Crippen LogP contribution in [0.15, 0.2) is 40.5 Å². The average Bonchev–Trinajstić information content (AvgIpc) is 3.76. The van der Waals surface area contributed by atoms with Gasteiger partial charge in [-0.2, -0.15) is 0 Å². The third kappa shape index (κ3) is 5.20. The van der Waals surface area contributed by atoms with E-state index in [4.69, 9.17) is 14.5 Å². The number of ether oxygens (including phenoxy) is 2. The molecule has 0 spiro atoms. The topological polar surface area (TPSA) is 164 Å². The largest absolute Gasteiger partial charge is 0.480 e. The lowest BCUT2D eigenvalue weighted by Gasteiger charge is -2.23. The van der Waals surface area contributed by atoms with Gasteiger partial charge in [0.25, 0.3) is 5.56 Å². The number of nitrogens with zero attached hydrogens (tertiary/aromatic N) is 7. The van der Waals surface area contributed by atoms with Crippen LogP contribution in [-0.2, 0) is 21.1 Å². The highest BCUT2D eigenvalue weighted by atomic mass is 32.2. The van der Waals surface area contributed by atoms with Gasteiger partial charge >= 0.3 is 0 Å². The molecule has 2 aliphatic rings. The van der Waals surface area contributed by atoms with Crippen LogP contribution in [0.1, 0.15) is 62.4 Å². The van der Waals surface area contributed by atoms with Crippen molar-refractivity contribution in [3.63, 3.8) is 0 Å². The Bertz CT molecular complexity index is 1790. The summed E-state index contributed by atoms with van der Waals surface area (Å²) >= 11 is 0. The highest BCUT2D eigenvalue weighted by molar-refractivity contribution is 7.91. The van der Waals surface area contributed by atoms with Gasteiger partial charge in [-0.3, -0.25) is 14.3 Å². The monoisotopic (exact) mass is 592 g/mol. The minimum Gasteiger partial charge on any atom is -0.480 e. The van der Waals surface area contributed by atoms with E-state index in [1.807, 2.05) is 0 Å². The first kappa shape index (κ1) is 28.1. The summed E-state index contributed by atoms with van der Waals surface area (Å²) in [5, 5.41) is 3.09. The molecule has 6 rings (SSSR count). The molecular weight excluding hydrogens is 560 g/mol. The lowest BCUT2D eigenvalue weighted by atomic mass is 10.1. The summed E-state index contributed by atoms with van der Waals surface area (Å²) in [5.74, 6) is 1.15. The van der Waals surface area contributed by atoms with Gasteiger partial charge < -0.3 is 14.8 Å². The van der Waals surface area contributed by atoms with Crippen molar-refractivity contribution in [3.05, 3.63) is 52.6 Å². The third-order valence-corrected chi connectivity index (χ3v) is 9.60. The van der Waals surface area contributed by atoms with Crippen molar-refractivity contribution in [1.82, 2.24) is 34.5 Å². The van der Waals surface area contributed by atoms with Crippen molar-refractivity contribution in [3.8, 4) is 17.3 Å². The second-order valence-electron chi connectivity index (χ2n) is 10.5. The molecule has 4 heterocycles. The molecule has 2 atom stereocenters. The molecule has 1 N–H and O–H groups in total. The van der Waals surface area contributed by atoms with Gasteiger partial charge in [-0.05, 0) is 44.2 Å². The van der Waals surface area contributed by atoms with E-state index >= 15 is 0 Å². The van der Waals surface area contributed by atoms with Crippen LogP contribution >= 0.6 is 0 Å². The Labute approximate surface area is 242 Å². The molecule has 13 nitrogen and oxygen atoms in total. The van der Waals surface area contributed by atoms with Gasteiger partial charge in [0.05, 0.1) is 54.0 Å². The number of anilines is 1. The van der Waals surface area contributed by atoms with Crippen LogP contribution in [0.5, 0.6) is 5.88 Å². The van der Waals surface area contributed by atoms with Gasteiger partial charge in [-0.25, -0.2) is 33.3 Å². The van der Waals surface area contributed by atoms with E-state index in [1.165, 1.54) is 18.6 Å². The predicted molar refractivity (Wildman–Crippen MR) is 154 cm³/mol. The first-order chi connectivity index (χ1) is 20.3. The molecule has 2 saturated carbocycles. The third-order valence-electron chi connectivity index (χ3n) is 7.88. The lowest BCUT2D eigenvalue weighted by molar-refractivity contribution is 0.0751. The first-order valence-electron chi connectivity index (χ1n) is 14.0. The van der Waals surface area contributed by atoms with Crippen LogP contribution in [0.25, 0.3) is 22.6 Å². The minimum absolute atomic E-state index is 0.00772. The highest BCUT2D eigenvalue weighted by Gasteiger charge is 2.34. The molecule has 0 aromatic carbocycles. The van der Waals surface area contributed by atoms with Crippen molar-refractivity contribution in [2.45, 2.75) is 68.5 Å². The van der Waals surface area contributed by atoms with Gasteiger partial charge in [-0.15, -0.1) is 0 Å². The number of rotatable bonds is 10. The fourth-order valence-corrected chi connectivity index (χ4v) is 6.30. The Balaban J connectivity index is 1.42. The predicted octanol–water partition coefficient (Wildman–Crippen LogP) is 3.07. The van der Waals surface area contributed by atoms with Crippen molar-refractivity contribution < 1.29 is 17.9 Å². The van der Waals surface area contributed by atoms with Crippen molar-refractivity contribution >= 4 is 26.8 Å². The summed E-state index contributed by atoms with van der Waals surface area (Å²) in [5.41, 5.74) is 2.50. The second-order valence-corrected chi connectivity index (χ2v) is 12.7. The fourth-order valence-electron chi connectivity index (χ4n) is 5.48. The molecule has 0 bridgehead atoms. The SMILES string of the molecule is CCS(=O)(=O)c1ccc(CNc2nc3cnc(-c4c(OC)ncnc4C4CC4)nc3n([C@H]3CCC[C@@H]3OC)c2=O)nc1. The lowest BCUT2D eigenvalue weighted by Crippen LogP contribution is -2.33. The van der Waals surface area contributed by atoms with E-state index in [0.717, 1.165) is 37.8 Å². The Morgan fingerprint density at radius 2 is 1.86 bits per heavy atom. The minimum atomic E-state index is -3.36. The smallest absolute Gasteiger partial charge is 0.295 e. The maximum atomic E-state index is 14.0. The van der Waals surface area contributed by atoms with Crippen LogP contribution < -0.4 is 15.6 Å². The number of hydrogen-bond acceptors (Lipinski definition) is 12. The summed E-state index contributed by atoms with van der Waals surface area (Å²) in [6.07, 6.45) is 8.76. The zero-order chi connectivity index (χ0) is 29.4. The molecule has 2 fully saturated rings. The summed E-state index contributed by atoms with van der Waals surface area (Å²) < 4.78 is 37.3. The van der Waals surface area contributed by atoms with Crippen LogP contribution in [0, 0.1) is 0 Å². The van der Waals surface area contributed by atoms with E-state index in [0.29, 0.717) is 40.0 Å². The molecule has 220 valence electrons. The van der Waals surface area contributed by atoms with Gasteiger partial charge in [0.2, 0.25) is 5.88 Å². The zero-order valence-corrected chi connectivity index (χ0v) is 24.5. The molecule has 0 unspecified atom stereocenters. The molecule has 0 saturated heterocycles. The second kappa shape index (κ2) is 11.3. The van der Waals surface area contributed by atoms with Crippen molar-refractivity contribution in [1.29, 1.82) is 0 Å². The Morgan fingerprint density at radius 1 is 1.02 bits per heavy atom. The van der Waals surface area contributed by atoms with Gasteiger partial charge in [0, 0.05) is 19.2 Å². The van der Waals surface area contributed by atoms with E-state index in [-0.39, 0.29) is 40.7 Å². The van der Waals surface area contributed by atoms with Gasteiger partial charge in [0.1, 0.15) is 17.4 Å². The van der Waals surface area contributed by atoms with Gasteiger partial charge in [0.15, 0.2) is 27.1 Å². The molecule has 0 amide bonds. The summed E-state index contributed by atoms with van der Waals surface area (Å²) in [6.45, 7) is 1.75. The normalized spacial score (nSPS) is 18.8.